The smallest absolute Gasteiger partial charge is 0.197 e. The summed E-state index contributed by atoms with van der Waals surface area (Å²) >= 11 is 1.79. The van der Waals surface area contributed by atoms with Gasteiger partial charge < -0.3 is 9.72 Å². The van der Waals surface area contributed by atoms with E-state index in [9.17, 15) is 0 Å². The van der Waals surface area contributed by atoms with Crippen molar-refractivity contribution in [3.63, 3.8) is 0 Å². The van der Waals surface area contributed by atoms with Crippen molar-refractivity contribution in [3.05, 3.63) is 53.6 Å². The number of hydrogen-bond donors (Lipinski definition) is 1. The molecule has 1 aromatic carbocycles. The van der Waals surface area contributed by atoms with Gasteiger partial charge in [0.15, 0.2) is 10.8 Å². The zero-order valence-electron chi connectivity index (χ0n) is 9.64. The maximum atomic E-state index is 5.98. The Balaban J connectivity index is 2.09. The fourth-order valence-electron chi connectivity index (χ4n) is 2.07. The number of nitrogens with zero attached hydrogens (tertiary/aromatic N) is 1. The number of nitrogens with one attached hydrogen (secondary N) is 1. The molecule has 3 nitrogen and oxygen atoms in total. The van der Waals surface area contributed by atoms with Gasteiger partial charge in [-0.2, -0.15) is 0 Å². The van der Waals surface area contributed by atoms with E-state index in [2.05, 4.69) is 41.2 Å². The molecular formula is C13H14N2OS. The number of H-pyrrole nitrogens is 1. The van der Waals surface area contributed by atoms with Crippen molar-refractivity contribution < 1.29 is 4.74 Å². The summed E-state index contributed by atoms with van der Waals surface area (Å²) in [6, 6.07) is 8.47. The van der Waals surface area contributed by atoms with Gasteiger partial charge in [0.1, 0.15) is 0 Å². The highest BCUT2D eigenvalue weighted by molar-refractivity contribution is 8.00. The maximum Gasteiger partial charge on any atom is 0.197 e. The predicted molar refractivity (Wildman–Crippen MR) is 69.0 cm³/mol. The molecule has 3 rings (SSSR count). The average molecular weight is 246 g/mol. The molecular weight excluding hydrogens is 232 g/mol. The SMILES string of the molecule is Cc1ccc(C2(c3ncc[nH]3)OCCS2)cc1. The highest BCUT2D eigenvalue weighted by Gasteiger charge is 2.42. The zero-order chi connectivity index (χ0) is 11.7. The van der Waals surface area contributed by atoms with E-state index in [-0.39, 0.29) is 0 Å². The molecule has 0 bridgehead atoms. The first-order valence-electron chi connectivity index (χ1n) is 5.66. The number of imidazole rings is 1. The van der Waals surface area contributed by atoms with Gasteiger partial charge in [0, 0.05) is 23.7 Å². The molecule has 0 spiro atoms. The fourth-order valence-corrected chi connectivity index (χ4v) is 3.24. The average Bonchev–Trinajstić information content (AvgIpc) is 3.01. The fraction of sp³-hybridized carbons (Fsp3) is 0.308. The van der Waals surface area contributed by atoms with Gasteiger partial charge >= 0.3 is 0 Å². The number of hydrogen-bond acceptors (Lipinski definition) is 3. The second-order valence-corrected chi connectivity index (χ2v) is 5.39. The van der Waals surface area contributed by atoms with Crippen molar-refractivity contribution in [1.29, 1.82) is 0 Å². The van der Waals surface area contributed by atoms with E-state index >= 15 is 0 Å². The molecule has 0 radical (unpaired) electrons. The molecule has 0 aliphatic carbocycles. The highest BCUT2D eigenvalue weighted by atomic mass is 32.2. The molecule has 2 heterocycles. The van der Waals surface area contributed by atoms with Crippen LogP contribution in [0.25, 0.3) is 0 Å². The predicted octanol–water partition coefficient (Wildman–Crippen LogP) is 2.68. The van der Waals surface area contributed by atoms with Crippen LogP contribution in [-0.2, 0) is 9.67 Å². The van der Waals surface area contributed by atoms with Crippen molar-refractivity contribution in [3.8, 4) is 0 Å². The Morgan fingerprint density at radius 3 is 2.76 bits per heavy atom. The van der Waals surface area contributed by atoms with Crippen molar-refractivity contribution in [1.82, 2.24) is 9.97 Å². The maximum absolute atomic E-state index is 5.98. The van der Waals surface area contributed by atoms with Gasteiger partial charge in [-0.25, -0.2) is 4.98 Å². The summed E-state index contributed by atoms with van der Waals surface area (Å²) in [7, 11) is 0. The second-order valence-electron chi connectivity index (χ2n) is 4.12. The number of thioether (sulfide) groups is 1. The first kappa shape index (κ1) is 10.9. The molecule has 1 atom stereocenters. The monoisotopic (exact) mass is 246 g/mol. The third kappa shape index (κ3) is 1.77. The van der Waals surface area contributed by atoms with Gasteiger partial charge in [-0.3, -0.25) is 0 Å². The minimum Gasteiger partial charge on any atom is -0.352 e. The van der Waals surface area contributed by atoms with Crippen molar-refractivity contribution in [2.75, 3.05) is 12.4 Å². The number of rotatable bonds is 2. The van der Waals surface area contributed by atoms with Crippen LogP contribution in [0.4, 0.5) is 0 Å². The van der Waals surface area contributed by atoms with Crippen LogP contribution in [0, 0.1) is 6.92 Å². The summed E-state index contributed by atoms with van der Waals surface area (Å²) < 4.78 is 5.98. The Hall–Kier alpha value is -1.26. The van der Waals surface area contributed by atoms with Crippen LogP contribution in [0.3, 0.4) is 0 Å². The summed E-state index contributed by atoms with van der Waals surface area (Å²) in [5.74, 6) is 1.87. The lowest BCUT2D eigenvalue weighted by atomic mass is 10.1. The molecule has 2 aromatic rings. The van der Waals surface area contributed by atoms with E-state index in [0.29, 0.717) is 0 Å². The van der Waals surface area contributed by atoms with Crippen LogP contribution in [0.1, 0.15) is 17.0 Å². The normalized spacial score (nSPS) is 24.1. The lowest BCUT2D eigenvalue weighted by Gasteiger charge is -2.25. The highest BCUT2D eigenvalue weighted by Crippen LogP contribution is 2.46. The first-order valence-corrected chi connectivity index (χ1v) is 6.65. The Labute approximate surface area is 105 Å². The lowest BCUT2D eigenvalue weighted by molar-refractivity contribution is 0.0747. The number of aromatic nitrogens is 2. The molecule has 1 N–H and O–H groups in total. The molecule has 17 heavy (non-hydrogen) atoms. The quantitative estimate of drug-likeness (QED) is 0.885. The van der Waals surface area contributed by atoms with E-state index in [1.807, 2.05) is 6.20 Å². The Bertz CT molecular complexity index is 487. The van der Waals surface area contributed by atoms with Crippen LogP contribution < -0.4 is 0 Å². The van der Waals surface area contributed by atoms with E-state index in [4.69, 9.17) is 4.74 Å². The molecule has 88 valence electrons. The van der Waals surface area contributed by atoms with Gasteiger partial charge in [-0.05, 0) is 6.92 Å². The molecule has 4 heteroatoms. The summed E-state index contributed by atoms with van der Waals surface area (Å²) in [6.07, 6.45) is 3.61. The molecule has 1 unspecified atom stereocenters. The van der Waals surface area contributed by atoms with E-state index in [1.54, 1.807) is 18.0 Å². The third-order valence-corrected chi connectivity index (χ3v) is 4.26. The first-order chi connectivity index (χ1) is 8.31. The minimum atomic E-state index is -0.447. The van der Waals surface area contributed by atoms with Crippen LogP contribution in [0.2, 0.25) is 0 Å². The van der Waals surface area contributed by atoms with Gasteiger partial charge in [0.25, 0.3) is 0 Å². The standard InChI is InChI=1S/C13H14N2OS/c1-10-2-4-11(5-3-10)13(16-8-9-17-13)12-14-6-7-15-12/h2-7H,8-9H2,1H3,(H,14,15). The molecule has 1 aromatic heterocycles. The molecule has 1 fully saturated rings. The Kier molecular flexibility index (Phi) is 2.68. The van der Waals surface area contributed by atoms with Crippen molar-refractivity contribution in [2.24, 2.45) is 0 Å². The molecule has 0 saturated carbocycles. The van der Waals surface area contributed by atoms with E-state index in [0.717, 1.165) is 23.7 Å². The minimum absolute atomic E-state index is 0.447. The van der Waals surface area contributed by atoms with Crippen LogP contribution in [0.15, 0.2) is 36.7 Å². The zero-order valence-corrected chi connectivity index (χ0v) is 10.5. The Morgan fingerprint density at radius 1 is 1.35 bits per heavy atom. The van der Waals surface area contributed by atoms with Gasteiger partial charge in [0.2, 0.25) is 0 Å². The number of aromatic amines is 1. The lowest BCUT2D eigenvalue weighted by Crippen LogP contribution is -2.24. The summed E-state index contributed by atoms with van der Waals surface area (Å²) in [5, 5.41) is 0. The largest absolute Gasteiger partial charge is 0.352 e. The Morgan fingerprint density at radius 2 is 2.18 bits per heavy atom. The van der Waals surface area contributed by atoms with Gasteiger partial charge in [-0.1, -0.05) is 29.8 Å². The van der Waals surface area contributed by atoms with Crippen molar-refractivity contribution in [2.45, 2.75) is 11.9 Å². The van der Waals surface area contributed by atoms with Gasteiger partial charge in [-0.15, -0.1) is 11.8 Å². The van der Waals surface area contributed by atoms with Crippen LogP contribution in [0.5, 0.6) is 0 Å². The van der Waals surface area contributed by atoms with Crippen LogP contribution >= 0.6 is 11.8 Å². The summed E-state index contributed by atoms with van der Waals surface area (Å²) in [5.41, 5.74) is 2.41. The topological polar surface area (TPSA) is 37.9 Å². The van der Waals surface area contributed by atoms with E-state index in [1.165, 1.54) is 5.56 Å². The second kappa shape index (κ2) is 4.20. The summed E-state index contributed by atoms with van der Waals surface area (Å²) in [6.45, 7) is 2.85. The molecule has 0 amide bonds. The molecule has 1 aliphatic heterocycles. The van der Waals surface area contributed by atoms with Gasteiger partial charge in [0.05, 0.1) is 6.61 Å². The molecule has 1 saturated heterocycles. The third-order valence-electron chi connectivity index (χ3n) is 2.94. The molecule has 1 aliphatic rings. The number of benzene rings is 1. The van der Waals surface area contributed by atoms with Crippen molar-refractivity contribution >= 4 is 11.8 Å². The summed E-state index contributed by atoms with van der Waals surface area (Å²) in [4.78, 5) is 7.10. The van der Waals surface area contributed by atoms with Crippen LogP contribution in [-0.4, -0.2) is 22.3 Å². The number of ether oxygens (including phenoxy) is 1. The number of aryl methyl sites for hydroxylation is 1. The van der Waals surface area contributed by atoms with E-state index < -0.39 is 4.93 Å².